The van der Waals surface area contributed by atoms with E-state index in [1.54, 1.807) is 0 Å². The molecule has 0 amide bonds. The summed E-state index contributed by atoms with van der Waals surface area (Å²) in [6, 6.07) is 25.0. The molecule has 0 fully saturated rings. The summed E-state index contributed by atoms with van der Waals surface area (Å²) in [4.78, 5) is 0. The standard InChI is InChI=1S/C39H36/c1-27-12-7-8-17-35(27)39-26-33(21-20-28(39)2)32-22-23-37(38-19-10-9-18-36(38)29(3)24-32)34-16-11-15-31(25-34)30-13-5-4-6-14-30/h4-5,7-13,15-16,18-26,35H,6,14,17H2,1-3H3. The molecule has 0 aliphatic heterocycles. The normalized spacial score (nSPS) is 18.6. The van der Waals surface area contributed by atoms with E-state index in [4.69, 9.17) is 0 Å². The fourth-order valence-electron chi connectivity index (χ4n) is 6.15. The summed E-state index contributed by atoms with van der Waals surface area (Å²) in [6.07, 6.45) is 23.8. The Balaban J connectivity index is 1.48. The summed E-state index contributed by atoms with van der Waals surface area (Å²) >= 11 is 0. The molecular weight excluding hydrogens is 468 g/mol. The van der Waals surface area contributed by atoms with Crippen LogP contribution in [0.4, 0.5) is 0 Å². The van der Waals surface area contributed by atoms with Crippen molar-refractivity contribution in [2.24, 2.45) is 0 Å². The van der Waals surface area contributed by atoms with Crippen molar-refractivity contribution in [1.82, 2.24) is 0 Å². The summed E-state index contributed by atoms with van der Waals surface area (Å²) in [5.41, 5.74) is 13.3. The van der Waals surface area contributed by atoms with Gasteiger partial charge in [-0.1, -0.05) is 121 Å². The van der Waals surface area contributed by atoms with Crippen molar-refractivity contribution in [3.8, 4) is 0 Å². The molecule has 3 aliphatic carbocycles. The maximum Gasteiger partial charge on any atom is 0.00859 e. The summed E-state index contributed by atoms with van der Waals surface area (Å²) < 4.78 is 0. The molecule has 1 atom stereocenters. The van der Waals surface area contributed by atoms with Gasteiger partial charge in [0.15, 0.2) is 0 Å². The average Bonchev–Trinajstić information content (AvgIpc) is 2.97. The van der Waals surface area contributed by atoms with E-state index in [1.165, 1.54) is 66.1 Å². The van der Waals surface area contributed by atoms with Crippen molar-refractivity contribution >= 4 is 22.3 Å². The number of aryl methyl sites for hydroxylation is 1. The molecule has 3 aromatic carbocycles. The maximum absolute atomic E-state index is 2.43. The zero-order chi connectivity index (χ0) is 26.8. The van der Waals surface area contributed by atoms with Gasteiger partial charge in [-0.05, 0) is 107 Å². The van der Waals surface area contributed by atoms with E-state index in [0.29, 0.717) is 5.92 Å². The third kappa shape index (κ3) is 5.12. The van der Waals surface area contributed by atoms with Crippen molar-refractivity contribution in [2.45, 2.75) is 46.0 Å². The molecule has 0 nitrogen and oxygen atoms in total. The molecule has 0 saturated carbocycles. The molecule has 3 aromatic rings. The number of fused-ring (bicyclic) bond motifs is 1. The lowest BCUT2D eigenvalue weighted by molar-refractivity contribution is 0.790. The Morgan fingerprint density at radius 2 is 1.51 bits per heavy atom. The van der Waals surface area contributed by atoms with Crippen LogP contribution in [0.25, 0.3) is 22.3 Å². The van der Waals surface area contributed by atoms with Crippen molar-refractivity contribution in [3.05, 3.63) is 165 Å². The van der Waals surface area contributed by atoms with Gasteiger partial charge in [-0.3, -0.25) is 0 Å². The van der Waals surface area contributed by atoms with Gasteiger partial charge in [0.05, 0.1) is 0 Å². The summed E-state index contributed by atoms with van der Waals surface area (Å²) in [7, 11) is 0. The molecule has 0 saturated heterocycles. The Morgan fingerprint density at radius 1 is 0.692 bits per heavy atom. The van der Waals surface area contributed by atoms with E-state index in [0.717, 1.165) is 19.3 Å². The second-order valence-electron chi connectivity index (χ2n) is 11.0. The number of hydrogen-bond acceptors (Lipinski definition) is 0. The van der Waals surface area contributed by atoms with Crippen LogP contribution in [0.3, 0.4) is 0 Å². The van der Waals surface area contributed by atoms with Gasteiger partial charge >= 0.3 is 0 Å². The maximum atomic E-state index is 2.43. The molecule has 0 aromatic heterocycles. The number of hydrogen-bond donors (Lipinski definition) is 0. The van der Waals surface area contributed by atoms with Gasteiger partial charge in [-0.2, -0.15) is 0 Å². The smallest absolute Gasteiger partial charge is 0.00859 e. The molecule has 0 N–H and O–H groups in total. The van der Waals surface area contributed by atoms with Crippen molar-refractivity contribution in [1.29, 1.82) is 0 Å². The van der Waals surface area contributed by atoms with Crippen LogP contribution >= 0.6 is 0 Å². The van der Waals surface area contributed by atoms with E-state index in [-0.39, 0.29) is 0 Å². The Morgan fingerprint density at radius 3 is 2.33 bits per heavy atom. The second kappa shape index (κ2) is 10.9. The monoisotopic (exact) mass is 504 g/mol. The zero-order valence-electron chi connectivity index (χ0n) is 23.2. The van der Waals surface area contributed by atoms with E-state index in [1.807, 2.05) is 0 Å². The van der Waals surface area contributed by atoms with Gasteiger partial charge in [-0.15, -0.1) is 0 Å². The molecule has 39 heavy (non-hydrogen) atoms. The first kappa shape index (κ1) is 25.1. The van der Waals surface area contributed by atoms with Crippen molar-refractivity contribution in [2.75, 3.05) is 0 Å². The van der Waals surface area contributed by atoms with Gasteiger partial charge < -0.3 is 0 Å². The largest absolute Gasteiger partial charge is 0.0842 e. The van der Waals surface area contributed by atoms with Crippen LogP contribution in [0.15, 0.2) is 127 Å². The molecule has 0 heteroatoms. The molecule has 0 heterocycles. The third-order valence-electron chi connectivity index (χ3n) is 8.41. The lowest BCUT2D eigenvalue weighted by atomic mass is 9.82. The van der Waals surface area contributed by atoms with Gasteiger partial charge in [0.25, 0.3) is 0 Å². The first-order valence-electron chi connectivity index (χ1n) is 14.2. The third-order valence-corrected chi connectivity index (χ3v) is 8.41. The van der Waals surface area contributed by atoms with Gasteiger partial charge in [-0.25, -0.2) is 0 Å². The molecule has 192 valence electrons. The second-order valence-corrected chi connectivity index (χ2v) is 11.0. The lowest BCUT2D eigenvalue weighted by Gasteiger charge is -2.22. The fraction of sp³-hybridized carbons (Fsp3) is 0.179. The van der Waals surface area contributed by atoms with Crippen molar-refractivity contribution < 1.29 is 0 Å². The summed E-state index contributed by atoms with van der Waals surface area (Å²) in [6.45, 7) is 6.76. The highest BCUT2D eigenvalue weighted by atomic mass is 14.2. The molecule has 1 unspecified atom stereocenters. The first-order valence-corrected chi connectivity index (χ1v) is 14.2. The summed E-state index contributed by atoms with van der Waals surface area (Å²) in [5, 5.41) is 2.58. The van der Waals surface area contributed by atoms with Crippen LogP contribution in [0.5, 0.6) is 0 Å². The van der Waals surface area contributed by atoms with Crippen LogP contribution in [0.2, 0.25) is 0 Å². The highest BCUT2D eigenvalue weighted by Crippen LogP contribution is 2.35. The lowest BCUT2D eigenvalue weighted by Crippen LogP contribution is -2.28. The zero-order valence-corrected chi connectivity index (χ0v) is 23.2. The average molecular weight is 505 g/mol. The number of rotatable bonds is 4. The molecular formula is C39H36. The van der Waals surface area contributed by atoms with Gasteiger partial charge in [0.2, 0.25) is 0 Å². The fourth-order valence-corrected chi connectivity index (χ4v) is 6.15. The topological polar surface area (TPSA) is 0 Å². The molecule has 0 spiro atoms. The quantitative estimate of drug-likeness (QED) is 0.333. The molecule has 3 aliphatic rings. The predicted octanol–water partition coefficient (Wildman–Crippen LogP) is 8.74. The Bertz CT molecular complexity index is 1740. The Hall–Kier alpha value is -4.16. The molecule has 0 radical (unpaired) electrons. The molecule has 0 bridgehead atoms. The van der Waals surface area contributed by atoms with Gasteiger partial charge in [0.1, 0.15) is 0 Å². The number of allylic oxidation sites excluding steroid dienone is 12. The highest BCUT2D eigenvalue weighted by molar-refractivity contribution is 5.88. The predicted molar refractivity (Wildman–Crippen MR) is 169 cm³/mol. The van der Waals surface area contributed by atoms with E-state index in [9.17, 15) is 0 Å². The van der Waals surface area contributed by atoms with Crippen LogP contribution in [-0.2, 0) is 0 Å². The summed E-state index contributed by atoms with van der Waals surface area (Å²) in [5.74, 6) is 0.452. The minimum Gasteiger partial charge on any atom is -0.0842 e. The minimum atomic E-state index is 0.452. The Kier molecular flexibility index (Phi) is 7.03. The van der Waals surface area contributed by atoms with Crippen LogP contribution in [0.1, 0.15) is 66.8 Å². The van der Waals surface area contributed by atoms with Crippen LogP contribution < -0.4 is 10.4 Å². The van der Waals surface area contributed by atoms with Crippen molar-refractivity contribution in [3.63, 3.8) is 0 Å². The van der Waals surface area contributed by atoms with E-state index in [2.05, 4.69) is 142 Å². The van der Waals surface area contributed by atoms with Crippen LogP contribution in [0, 0.1) is 6.92 Å². The SMILES string of the molecule is CC1=CC=CCC1c1cc(C2=CC(C)=c3ccccc3=C(c3cccc(C4=CC=CCC4)c3)C=C2)ccc1C. The van der Waals surface area contributed by atoms with Crippen LogP contribution in [-0.4, -0.2) is 0 Å². The van der Waals surface area contributed by atoms with E-state index < -0.39 is 0 Å². The Labute approximate surface area is 233 Å². The number of benzene rings is 3. The first-order chi connectivity index (χ1) is 19.1. The highest BCUT2D eigenvalue weighted by Gasteiger charge is 2.18. The van der Waals surface area contributed by atoms with Gasteiger partial charge in [0, 0.05) is 5.92 Å². The molecule has 6 rings (SSSR count). The van der Waals surface area contributed by atoms with E-state index >= 15 is 0 Å². The minimum absolute atomic E-state index is 0.452.